The first-order chi connectivity index (χ1) is 11.2. The third-order valence-corrected chi connectivity index (χ3v) is 4.28. The van der Waals surface area contributed by atoms with Crippen LogP contribution in [0.2, 0.25) is 0 Å². The second kappa shape index (κ2) is 6.46. The fourth-order valence-electron chi connectivity index (χ4n) is 2.74. The zero-order valence-electron chi connectivity index (χ0n) is 13.6. The third-order valence-electron chi connectivity index (χ3n) is 4.28. The van der Waals surface area contributed by atoms with E-state index in [1.807, 2.05) is 6.07 Å². The topological polar surface area (TPSA) is 41.6 Å². The quantitative estimate of drug-likeness (QED) is 0.538. The number of aromatic nitrogens is 3. The molecule has 0 unspecified atom stereocenters. The second-order valence-corrected chi connectivity index (χ2v) is 5.85. The number of rotatable bonds is 2. The van der Waals surface area contributed by atoms with Gasteiger partial charge in [0, 0.05) is 11.8 Å². The number of benzene rings is 2. The molecular weight excluding hydrogens is 318 g/mol. The molecule has 120 valence electrons. The Kier molecular flexibility index (Phi) is 4.36. The highest BCUT2D eigenvalue weighted by Gasteiger charge is 2.06. The van der Waals surface area contributed by atoms with Gasteiger partial charge in [-0.25, -0.2) is 4.98 Å². The number of nitrogens with one attached hydrogen (secondary N) is 1. The van der Waals surface area contributed by atoms with E-state index in [0.717, 1.165) is 22.4 Å². The van der Waals surface area contributed by atoms with E-state index < -0.39 is 0 Å². The summed E-state index contributed by atoms with van der Waals surface area (Å²) < 4.78 is 0. The smallest absolute Gasteiger partial charge is 0.138 e. The van der Waals surface area contributed by atoms with E-state index in [-0.39, 0.29) is 12.4 Å². The van der Waals surface area contributed by atoms with E-state index in [1.54, 1.807) is 12.4 Å². The van der Waals surface area contributed by atoms with Gasteiger partial charge in [0.05, 0.1) is 17.2 Å². The summed E-state index contributed by atoms with van der Waals surface area (Å²) >= 11 is 0. The number of fused-ring (bicyclic) bond motifs is 1. The third kappa shape index (κ3) is 2.91. The zero-order valence-corrected chi connectivity index (χ0v) is 14.4. The number of H-pyrrole nitrogens is 1. The zero-order chi connectivity index (χ0) is 15.8. The van der Waals surface area contributed by atoms with Crippen LogP contribution in [0.15, 0.2) is 60.9 Å². The van der Waals surface area contributed by atoms with Gasteiger partial charge in [-0.15, -0.1) is 12.4 Å². The van der Waals surface area contributed by atoms with E-state index in [4.69, 9.17) is 0 Å². The van der Waals surface area contributed by atoms with Crippen molar-refractivity contribution in [2.75, 3.05) is 0 Å². The van der Waals surface area contributed by atoms with Crippen LogP contribution >= 0.6 is 12.4 Å². The van der Waals surface area contributed by atoms with Gasteiger partial charge in [-0.05, 0) is 42.2 Å². The lowest BCUT2D eigenvalue weighted by atomic mass is 9.99. The molecule has 0 bridgehead atoms. The van der Waals surface area contributed by atoms with Crippen LogP contribution in [0.25, 0.3) is 33.5 Å². The lowest BCUT2D eigenvalue weighted by Gasteiger charge is -2.06. The maximum Gasteiger partial charge on any atom is 0.138 e. The van der Waals surface area contributed by atoms with Gasteiger partial charge in [0.2, 0.25) is 0 Å². The lowest BCUT2D eigenvalue weighted by molar-refractivity contribution is 1.32. The SMILES string of the molecule is Cc1ccc(-c2ccc(-c3nc4ccncc4[nH]3)cc2)cc1C.Cl. The van der Waals surface area contributed by atoms with Gasteiger partial charge in [0.1, 0.15) is 5.82 Å². The van der Waals surface area contributed by atoms with Gasteiger partial charge in [-0.3, -0.25) is 4.98 Å². The molecule has 3 nitrogen and oxygen atoms in total. The molecule has 0 aliphatic heterocycles. The molecule has 0 aliphatic carbocycles. The molecule has 24 heavy (non-hydrogen) atoms. The van der Waals surface area contributed by atoms with E-state index in [1.165, 1.54) is 22.3 Å². The van der Waals surface area contributed by atoms with Crippen LogP contribution in [0.4, 0.5) is 0 Å². The van der Waals surface area contributed by atoms with Gasteiger partial charge in [-0.1, -0.05) is 42.5 Å². The first-order valence-electron chi connectivity index (χ1n) is 7.68. The Morgan fingerprint density at radius 3 is 2.21 bits per heavy atom. The molecule has 2 aromatic heterocycles. The number of aromatic amines is 1. The number of aryl methyl sites for hydroxylation is 2. The van der Waals surface area contributed by atoms with Crippen molar-refractivity contribution in [3.63, 3.8) is 0 Å². The lowest BCUT2D eigenvalue weighted by Crippen LogP contribution is -1.85. The van der Waals surface area contributed by atoms with Crippen molar-refractivity contribution in [3.05, 3.63) is 72.1 Å². The molecule has 1 N–H and O–H groups in total. The van der Waals surface area contributed by atoms with Crippen LogP contribution in [-0.2, 0) is 0 Å². The Balaban J connectivity index is 0.00000169. The summed E-state index contributed by atoms with van der Waals surface area (Å²) in [6, 6.07) is 17.0. The molecule has 4 heteroatoms. The van der Waals surface area contributed by atoms with E-state index >= 15 is 0 Å². The fraction of sp³-hybridized carbons (Fsp3) is 0.100. The molecule has 0 saturated carbocycles. The molecular formula is C20H18ClN3. The highest BCUT2D eigenvalue weighted by Crippen LogP contribution is 2.26. The van der Waals surface area contributed by atoms with Gasteiger partial charge >= 0.3 is 0 Å². The largest absolute Gasteiger partial charge is 0.337 e. The maximum absolute atomic E-state index is 4.62. The summed E-state index contributed by atoms with van der Waals surface area (Å²) in [5.41, 5.74) is 8.07. The van der Waals surface area contributed by atoms with E-state index in [0.29, 0.717) is 0 Å². The predicted molar refractivity (Wildman–Crippen MR) is 101 cm³/mol. The van der Waals surface area contributed by atoms with Crippen molar-refractivity contribution in [3.8, 4) is 22.5 Å². The van der Waals surface area contributed by atoms with Gasteiger partial charge < -0.3 is 4.98 Å². The summed E-state index contributed by atoms with van der Waals surface area (Å²) in [5, 5.41) is 0. The maximum atomic E-state index is 4.62. The van der Waals surface area contributed by atoms with Crippen molar-refractivity contribution < 1.29 is 0 Å². The summed E-state index contributed by atoms with van der Waals surface area (Å²) in [7, 11) is 0. The average Bonchev–Trinajstić information content (AvgIpc) is 3.02. The van der Waals surface area contributed by atoms with Crippen molar-refractivity contribution in [2.24, 2.45) is 0 Å². The van der Waals surface area contributed by atoms with Crippen molar-refractivity contribution in [1.82, 2.24) is 15.0 Å². The number of nitrogens with zero attached hydrogens (tertiary/aromatic N) is 2. The summed E-state index contributed by atoms with van der Waals surface area (Å²) in [5.74, 6) is 0.875. The summed E-state index contributed by atoms with van der Waals surface area (Å²) in [6.07, 6.45) is 3.56. The number of halogens is 1. The van der Waals surface area contributed by atoms with Crippen LogP contribution in [0.1, 0.15) is 11.1 Å². The normalized spacial score (nSPS) is 10.6. The standard InChI is InChI=1S/C20H17N3.ClH/c1-13-3-4-17(11-14(13)2)15-5-7-16(8-6-15)20-22-18-9-10-21-12-19(18)23-20;/h3-12H,1-2H3,(H,22,23);1H. The Morgan fingerprint density at radius 1 is 0.792 bits per heavy atom. The molecule has 0 fully saturated rings. The van der Waals surface area contributed by atoms with Crippen molar-refractivity contribution >= 4 is 23.4 Å². The molecule has 0 saturated heterocycles. The minimum Gasteiger partial charge on any atom is -0.337 e. The van der Waals surface area contributed by atoms with Crippen LogP contribution < -0.4 is 0 Å². The molecule has 2 heterocycles. The number of imidazole rings is 1. The highest BCUT2D eigenvalue weighted by molar-refractivity contribution is 5.85. The number of hydrogen-bond donors (Lipinski definition) is 1. The van der Waals surface area contributed by atoms with Crippen LogP contribution in [0.5, 0.6) is 0 Å². The molecule has 0 amide bonds. The second-order valence-electron chi connectivity index (χ2n) is 5.85. The van der Waals surface area contributed by atoms with Crippen molar-refractivity contribution in [2.45, 2.75) is 13.8 Å². The molecule has 0 radical (unpaired) electrons. The number of pyridine rings is 1. The summed E-state index contributed by atoms with van der Waals surface area (Å²) in [6.45, 7) is 4.29. The Bertz CT molecular complexity index is 954. The molecule has 0 spiro atoms. The van der Waals surface area contributed by atoms with Gasteiger partial charge in [0.15, 0.2) is 0 Å². The average molecular weight is 336 g/mol. The predicted octanol–water partition coefficient (Wildman–Crippen LogP) is 5.33. The Labute approximate surface area is 147 Å². The minimum absolute atomic E-state index is 0. The van der Waals surface area contributed by atoms with Gasteiger partial charge in [-0.2, -0.15) is 0 Å². The molecule has 0 atom stereocenters. The van der Waals surface area contributed by atoms with Crippen LogP contribution in [-0.4, -0.2) is 15.0 Å². The van der Waals surface area contributed by atoms with Crippen molar-refractivity contribution in [1.29, 1.82) is 0 Å². The van der Waals surface area contributed by atoms with Crippen LogP contribution in [0, 0.1) is 13.8 Å². The monoisotopic (exact) mass is 335 g/mol. The first-order valence-corrected chi connectivity index (χ1v) is 7.68. The number of hydrogen-bond acceptors (Lipinski definition) is 2. The minimum atomic E-state index is 0. The van der Waals surface area contributed by atoms with Crippen LogP contribution in [0.3, 0.4) is 0 Å². The Hall–Kier alpha value is -2.65. The van der Waals surface area contributed by atoms with Gasteiger partial charge in [0.25, 0.3) is 0 Å². The highest BCUT2D eigenvalue weighted by atomic mass is 35.5. The van der Waals surface area contributed by atoms with E-state index in [2.05, 4.69) is 71.3 Å². The molecule has 4 aromatic rings. The molecule has 2 aromatic carbocycles. The fourth-order valence-corrected chi connectivity index (χ4v) is 2.74. The molecule has 4 rings (SSSR count). The van der Waals surface area contributed by atoms with E-state index in [9.17, 15) is 0 Å². The molecule has 0 aliphatic rings. The first kappa shape index (κ1) is 16.2. The summed E-state index contributed by atoms with van der Waals surface area (Å²) in [4.78, 5) is 12.0. The Morgan fingerprint density at radius 2 is 1.50 bits per heavy atom.